The maximum atomic E-state index is 6.01. The van der Waals surface area contributed by atoms with Crippen molar-refractivity contribution in [1.82, 2.24) is 0 Å². The third kappa shape index (κ3) is 6.97. The number of hydrogen-bond acceptors (Lipinski definition) is 2. The van der Waals surface area contributed by atoms with Gasteiger partial charge in [0.2, 0.25) is 0 Å². The molecule has 1 N–H and O–H groups in total. The number of nitrogens with one attached hydrogen (secondary N) is 1. The van der Waals surface area contributed by atoms with Gasteiger partial charge in [0.15, 0.2) is 6.04 Å². The number of hydrogen-bond donors (Lipinski definition) is 1. The topological polar surface area (TPSA) is 22.9 Å². The van der Waals surface area contributed by atoms with Gasteiger partial charge in [-0.15, -0.1) is 0 Å². The standard InChI is InChI=1S/C23H25NO2.ClH/c1-24(17-20-11-5-2-6-12-20)21(18-25-22-13-7-3-8-14-22)19-26-23-15-9-4-10-16-23;/h2-16,21H,17-19H2,1H3;1H. The lowest BCUT2D eigenvalue weighted by molar-refractivity contribution is -0.919. The molecule has 0 aliphatic carbocycles. The van der Waals surface area contributed by atoms with Gasteiger partial charge in [-0.05, 0) is 24.3 Å². The van der Waals surface area contributed by atoms with Gasteiger partial charge in [-0.1, -0.05) is 66.7 Å². The van der Waals surface area contributed by atoms with Crippen molar-refractivity contribution in [2.75, 3.05) is 20.3 Å². The van der Waals surface area contributed by atoms with E-state index in [4.69, 9.17) is 9.47 Å². The van der Waals surface area contributed by atoms with Gasteiger partial charge >= 0.3 is 0 Å². The van der Waals surface area contributed by atoms with Crippen LogP contribution in [-0.4, -0.2) is 26.3 Å². The minimum atomic E-state index is 0. The highest BCUT2D eigenvalue weighted by atomic mass is 35.5. The molecule has 27 heavy (non-hydrogen) atoms. The van der Waals surface area contributed by atoms with Gasteiger partial charge in [-0.3, -0.25) is 0 Å². The minimum absolute atomic E-state index is 0. The molecule has 0 heterocycles. The molecule has 3 rings (SSSR count). The molecule has 0 radical (unpaired) electrons. The molecule has 0 aliphatic rings. The zero-order valence-electron chi connectivity index (χ0n) is 15.6. The first-order valence-electron chi connectivity index (χ1n) is 9.03. The van der Waals surface area contributed by atoms with Crippen LogP contribution in [0.25, 0.3) is 0 Å². The molecular weight excluding hydrogens is 358 g/mol. The van der Waals surface area contributed by atoms with Crippen molar-refractivity contribution in [1.29, 1.82) is 0 Å². The van der Waals surface area contributed by atoms with Gasteiger partial charge < -0.3 is 26.8 Å². The van der Waals surface area contributed by atoms with Gasteiger partial charge in [-0.2, -0.15) is 0 Å². The highest BCUT2D eigenvalue weighted by molar-refractivity contribution is 5.22. The summed E-state index contributed by atoms with van der Waals surface area (Å²) in [6, 6.07) is 30.7. The van der Waals surface area contributed by atoms with Crippen LogP contribution in [0.1, 0.15) is 5.56 Å². The van der Waals surface area contributed by atoms with Crippen molar-refractivity contribution < 1.29 is 26.8 Å². The average molecular weight is 384 g/mol. The Kier molecular flexibility index (Phi) is 8.69. The van der Waals surface area contributed by atoms with E-state index in [1.54, 1.807) is 0 Å². The maximum absolute atomic E-state index is 6.01. The second-order valence-corrected chi connectivity index (χ2v) is 6.45. The van der Waals surface area contributed by atoms with E-state index in [-0.39, 0.29) is 18.4 Å². The number of rotatable bonds is 9. The third-order valence-corrected chi connectivity index (χ3v) is 4.41. The van der Waals surface area contributed by atoms with E-state index < -0.39 is 0 Å². The van der Waals surface area contributed by atoms with Gasteiger partial charge in [-0.25, -0.2) is 0 Å². The third-order valence-electron chi connectivity index (χ3n) is 4.41. The lowest BCUT2D eigenvalue weighted by atomic mass is 10.2. The second kappa shape index (κ2) is 11.3. The van der Waals surface area contributed by atoms with Crippen molar-refractivity contribution in [2.24, 2.45) is 0 Å². The van der Waals surface area contributed by atoms with Crippen LogP contribution in [0.2, 0.25) is 0 Å². The van der Waals surface area contributed by atoms with Crippen molar-refractivity contribution in [2.45, 2.75) is 12.6 Å². The average Bonchev–Trinajstić information content (AvgIpc) is 2.70. The molecular formula is C23H26ClNO2. The van der Waals surface area contributed by atoms with Crippen molar-refractivity contribution in [3.63, 3.8) is 0 Å². The first-order valence-corrected chi connectivity index (χ1v) is 9.03. The molecule has 0 aromatic heterocycles. The summed E-state index contributed by atoms with van der Waals surface area (Å²) in [5.41, 5.74) is 1.31. The molecule has 0 fully saturated rings. The molecule has 3 nitrogen and oxygen atoms in total. The number of halogens is 1. The molecule has 0 bridgehead atoms. The lowest BCUT2D eigenvalue weighted by Gasteiger charge is -2.25. The zero-order valence-corrected chi connectivity index (χ0v) is 16.3. The van der Waals surface area contributed by atoms with Crippen molar-refractivity contribution in [3.8, 4) is 11.5 Å². The van der Waals surface area contributed by atoms with E-state index in [0.717, 1.165) is 18.0 Å². The Balaban J connectivity index is 0.00000261. The number of benzene rings is 3. The Hall–Kier alpha value is -2.49. The van der Waals surface area contributed by atoms with Crippen LogP contribution in [-0.2, 0) is 6.54 Å². The smallest absolute Gasteiger partial charge is 0.156 e. The van der Waals surface area contributed by atoms with Crippen LogP contribution < -0.4 is 26.8 Å². The van der Waals surface area contributed by atoms with Crippen LogP contribution in [0.5, 0.6) is 11.5 Å². The molecule has 0 spiro atoms. The Morgan fingerprint density at radius 2 is 1.07 bits per heavy atom. The Morgan fingerprint density at radius 3 is 1.52 bits per heavy atom. The van der Waals surface area contributed by atoms with Crippen LogP contribution in [0, 0.1) is 0 Å². The molecule has 0 saturated heterocycles. The van der Waals surface area contributed by atoms with Crippen molar-refractivity contribution in [3.05, 3.63) is 96.6 Å². The van der Waals surface area contributed by atoms with E-state index >= 15 is 0 Å². The normalized spacial score (nSPS) is 11.5. The minimum Gasteiger partial charge on any atom is -1.00 e. The molecule has 3 aromatic rings. The fourth-order valence-electron chi connectivity index (χ4n) is 2.82. The quantitative estimate of drug-likeness (QED) is 0.572. The van der Waals surface area contributed by atoms with Gasteiger partial charge in [0, 0.05) is 5.56 Å². The first-order chi connectivity index (χ1) is 12.8. The van der Waals surface area contributed by atoms with Crippen LogP contribution >= 0.6 is 0 Å². The molecule has 4 heteroatoms. The van der Waals surface area contributed by atoms with E-state index in [1.165, 1.54) is 10.5 Å². The lowest BCUT2D eigenvalue weighted by Crippen LogP contribution is -3.13. The molecule has 0 amide bonds. The summed E-state index contributed by atoms with van der Waals surface area (Å²) in [6.45, 7) is 2.15. The predicted octanol–water partition coefficient (Wildman–Crippen LogP) is 0.232. The van der Waals surface area contributed by atoms with Gasteiger partial charge in [0.25, 0.3) is 0 Å². The number of likely N-dealkylation sites (N-methyl/N-ethyl adjacent to an activating group) is 1. The highest BCUT2D eigenvalue weighted by Gasteiger charge is 2.21. The van der Waals surface area contributed by atoms with E-state index in [9.17, 15) is 0 Å². The molecule has 0 aliphatic heterocycles. The molecule has 1 atom stereocenters. The maximum Gasteiger partial charge on any atom is 0.156 e. The summed E-state index contributed by atoms with van der Waals surface area (Å²) in [7, 11) is 2.19. The van der Waals surface area contributed by atoms with E-state index in [1.807, 2.05) is 66.7 Å². The van der Waals surface area contributed by atoms with Gasteiger partial charge in [0.05, 0.1) is 7.05 Å². The Bertz CT molecular complexity index is 710. The predicted molar refractivity (Wildman–Crippen MR) is 105 cm³/mol. The number of para-hydroxylation sites is 2. The SMILES string of the molecule is C[NH+](Cc1ccccc1)C(COc1ccccc1)COc1ccccc1.[Cl-]. The summed E-state index contributed by atoms with van der Waals surface area (Å²) in [6.07, 6.45) is 0. The van der Waals surface area contributed by atoms with Gasteiger partial charge in [0.1, 0.15) is 31.3 Å². The summed E-state index contributed by atoms with van der Waals surface area (Å²) in [4.78, 5) is 1.36. The fourth-order valence-corrected chi connectivity index (χ4v) is 2.82. The summed E-state index contributed by atoms with van der Waals surface area (Å²) in [5.74, 6) is 1.79. The summed E-state index contributed by atoms with van der Waals surface area (Å²) >= 11 is 0. The van der Waals surface area contributed by atoms with E-state index in [2.05, 4.69) is 31.3 Å². The van der Waals surface area contributed by atoms with Crippen LogP contribution in [0.3, 0.4) is 0 Å². The number of quaternary nitrogens is 1. The Labute approximate surface area is 168 Å². The fraction of sp³-hybridized carbons (Fsp3) is 0.217. The van der Waals surface area contributed by atoms with E-state index in [0.29, 0.717) is 13.2 Å². The zero-order chi connectivity index (χ0) is 18.0. The van der Waals surface area contributed by atoms with Crippen molar-refractivity contribution >= 4 is 0 Å². The number of ether oxygens (including phenoxy) is 2. The first kappa shape index (κ1) is 20.8. The molecule has 1 unspecified atom stereocenters. The largest absolute Gasteiger partial charge is 1.00 e. The summed E-state index contributed by atoms with van der Waals surface area (Å²) in [5, 5.41) is 0. The summed E-state index contributed by atoms with van der Waals surface area (Å²) < 4.78 is 12.0. The Morgan fingerprint density at radius 1 is 0.667 bits per heavy atom. The van der Waals surface area contributed by atoms with Crippen LogP contribution in [0.15, 0.2) is 91.0 Å². The molecule has 3 aromatic carbocycles. The van der Waals surface area contributed by atoms with Crippen LogP contribution in [0.4, 0.5) is 0 Å². The highest BCUT2D eigenvalue weighted by Crippen LogP contribution is 2.10. The molecule has 0 saturated carbocycles. The molecule has 142 valence electrons. The monoisotopic (exact) mass is 383 g/mol. The second-order valence-electron chi connectivity index (χ2n) is 6.45.